The summed E-state index contributed by atoms with van der Waals surface area (Å²) in [5.41, 5.74) is 1.75. The molecular formula is C14H15NO5. The van der Waals surface area contributed by atoms with Crippen LogP contribution in [0.25, 0.3) is 0 Å². The van der Waals surface area contributed by atoms with Crippen molar-refractivity contribution in [3.63, 3.8) is 0 Å². The van der Waals surface area contributed by atoms with Crippen LogP contribution >= 0.6 is 0 Å². The maximum atomic E-state index is 12.0. The van der Waals surface area contributed by atoms with Gasteiger partial charge in [0.1, 0.15) is 11.9 Å². The zero-order valence-electron chi connectivity index (χ0n) is 10.8. The number of anilines is 1. The van der Waals surface area contributed by atoms with Gasteiger partial charge in [-0.1, -0.05) is 0 Å². The minimum Gasteiger partial charge on any atom is -0.493 e. The molecule has 2 N–H and O–H groups in total. The van der Waals surface area contributed by atoms with E-state index >= 15 is 0 Å². The van der Waals surface area contributed by atoms with E-state index in [0.29, 0.717) is 25.1 Å². The van der Waals surface area contributed by atoms with Gasteiger partial charge in [-0.2, -0.15) is 0 Å². The molecule has 0 saturated carbocycles. The van der Waals surface area contributed by atoms with Crippen molar-refractivity contribution in [1.82, 2.24) is 0 Å². The van der Waals surface area contributed by atoms with Crippen LogP contribution in [0.15, 0.2) is 18.2 Å². The minimum absolute atomic E-state index is 0.299. The van der Waals surface area contributed by atoms with Crippen LogP contribution in [0.4, 0.5) is 5.69 Å². The molecule has 2 aliphatic rings. The van der Waals surface area contributed by atoms with Gasteiger partial charge in [0, 0.05) is 12.1 Å². The number of hydrogen-bond donors (Lipinski definition) is 2. The van der Waals surface area contributed by atoms with Gasteiger partial charge in [-0.05, 0) is 36.6 Å². The molecule has 0 aromatic heterocycles. The molecule has 106 valence electrons. The largest absolute Gasteiger partial charge is 0.493 e. The lowest BCUT2D eigenvalue weighted by molar-refractivity contribution is -0.150. The number of carboxylic acid groups (broad SMARTS) is 1. The van der Waals surface area contributed by atoms with E-state index in [9.17, 15) is 9.59 Å². The first-order valence-corrected chi connectivity index (χ1v) is 6.58. The third kappa shape index (κ3) is 2.46. The van der Waals surface area contributed by atoms with Crippen molar-refractivity contribution in [2.75, 3.05) is 11.9 Å². The highest BCUT2D eigenvalue weighted by Crippen LogP contribution is 2.28. The second-order valence-corrected chi connectivity index (χ2v) is 4.94. The Kier molecular flexibility index (Phi) is 3.31. The fourth-order valence-electron chi connectivity index (χ4n) is 2.50. The Hall–Kier alpha value is -2.08. The summed E-state index contributed by atoms with van der Waals surface area (Å²) in [5, 5.41) is 11.6. The minimum atomic E-state index is -1.02. The molecule has 3 rings (SSSR count). The zero-order valence-corrected chi connectivity index (χ0v) is 10.8. The van der Waals surface area contributed by atoms with Crippen LogP contribution < -0.4 is 10.1 Å². The number of carboxylic acids is 1. The van der Waals surface area contributed by atoms with Gasteiger partial charge in [-0.3, -0.25) is 4.79 Å². The van der Waals surface area contributed by atoms with Crippen molar-refractivity contribution in [2.45, 2.75) is 31.5 Å². The summed E-state index contributed by atoms with van der Waals surface area (Å²) in [4.78, 5) is 22.8. The van der Waals surface area contributed by atoms with Crippen LogP contribution in [-0.4, -0.2) is 35.8 Å². The van der Waals surface area contributed by atoms with Crippen LogP contribution in [0.3, 0.4) is 0 Å². The first-order chi connectivity index (χ1) is 9.63. The number of carbonyl (C=O) groups is 2. The van der Waals surface area contributed by atoms with Crippen LogP contribution in [0.1, 0.15) is 18.4 Å². The van der Waals surface area contributed by atoms with Gasteiger partial charge in [-0.15, -0.1) is 0 Å². The summed E-state index contributed by atoms with van der Waals surface area (Å²) in [6.45, 7) is 0.665. The molecule has 0 radical (unpaired) electrons. The Morgan fingerprint density at radius 2 is 2.05 bits per heavy atom. The third-order valence-electron chi connectivity index (χ3n) is 3.54. The molecule has 6 nitrogen and oxygen atoms in total. The van der Waals surface area contributed by atoms with E-state index in [4.69, 9.17) is 14.6 Å². The van der Waals surface area contributed by atoms with Gasteiger partial charge in [-0.25, -0.2) is 4.79 Å². The normalized spacial score (nSPS) is 24.0. The van der Waals surface area contributed by atoms with Crippen molar-refractivity contribution in [3.8, 4) is 5.75 Å². The van der Waals surface area contributed by atoms with Gasteiger partial charge >= 0.3 is 5.97 Å². The van der Waals surface area contributed by atoms with Crippen molar-refractivity contribution in [2.24, 2.45) is 0 Å². The summed E-state index contributed by atoms with van der Waals surface area (Å²) >= 11 is 0. The lowest BCUT2D eigenvalue weighted by Crippen LogP contribution is -2.29. The zero-order chi connectivity index (χ0) is 14.1. The van der Waals surface area contributed by atoms with Gasteiger partial charge in [0.2, 0.25) is 0 Å². The molecule has 1 aromatic carbocycles. The van der Waals surface area contributed by atoms with Crippen molar-refractivity contribution in [3.05, 3.63) is 23.8 Å². The predicted molar refractivity (Wildman–Crippen MR) is 69.8 cm³/mol. The molecular weight excluding hydrogens is 262 g/mol. The van der Waals surface area contributed by atoms with E-state index in [2.05, 4.69) is 5.32 Å². The Morgan fingerprint density at radius 3 is 2.80 bits per heavy atom. The summed E-state index contributed by atoms with van der Waals surface area (Å²) in [6.07, 6.45) is 0.0577. The molecule has 2 aliphatic heterocycles. The van der Waals surface area contributed by atoms with E-state index < -0.39 is 18.2 Å². The topological polar surface area (TPSA) is 84.9 Å². The molecule has 2 atom stereocenters. The number of fused-ring (bicyclic) bond motifs is 1. The van der Waals surface area contributed by atoms with Crippen molar-refractivity contribution in [1.29, 1.82) is 0 Å². The number of benzene rings is 1. The van der Waals surface area contributed by atoms with E-state index in [0.717, 1.165) is 17.7 Å². The van der Waals surface area contributed by atoms with Crippen molar-refractivity contribution >= 4 is 17.6 Å². The Balaban J connectivity index is 1.63. The highest BCUT2D eigenvalue weighted by Gasteiger charge is 2.34. The quantitative estimate of drug-likeness (QED) is 0.867. The lowest BCUT2D eigenvalue weighted by Gasteiger charge is -2.12. The molecule has 0 unspecified atom stereocenters. The highest BCUT2D eigenvalue weighted by atomic mass is 16.5. The number of aliphatic carboxylic acids is 1. The molecule has 2 heterocycles. The highest BCUT2D eigenvalue weighted by molar-refractivity contribution is 5.95. The fraction of sp³-hybridized carbons (Fsp3) is 0.429. The lowest BCUT2D eigenvalue weighted by atomic mass is 10.1. The molecule has 1 fully saturated rings. The molecule has 1 saturated heterocycles. The van der Waals surface area contributed by atoms with Gasteiger partial charge in [0.05, 0.1) is 6.61 Å². The van der Waals surface area contributed by atoms with Crippen LogP contribution in [0, 0.1) is 0 Å². The Morgan fingerprint density at radius 1 is 1.25 bits per heavy atom. The maximum absolute atomic E-state index is 12.0. The second kappa shape index (κ2) is 5.13. The Labute approximate surface area is 115 Å². The van der Waals surface area contributed by atoms with Crippen LogP contribution in [-0.2, 0) is 20.7 Å². The average molecular weight is 277 g/mol. The summed E-state index contributed by atoms with van der Waals surface area (Å²) < 4.78 is 10.6. The Bertz CT molecular complexity index is 556. The number of rotatable bonds is 3. The molecule has 0 bridgehead atoms. The first kappa shape index (κ1) is 12.9. The molecule has 1 aromatic rings. The summed E-state index contributed by atoms with van der Waals surface area (Å²) in [5.74, 6) is -0.464. The first-order valence-electron chi connectivity index (χ1n) is 6.58. The third-order valence-corrected chi connectivity index (χ3v) is 3.54. The van der Waals surface area contributed by atoms with E-state index in [1.807, 2.05) is 12.1 Å². The number of amides is 1. The van der Waals surface area contributed by atoms with Crippen LogP contribution in [0.2, 0.25) is 0 Å². The fourth-order valence-corrected chi connectivity index (χ4v) is 2.50. The van der Waals surface area contributed by atoms with E-state index in [1.54, 1.807) is 6.07 Å². The predicted octanol–water partition coefficient (Wildman–Crippen LogP) is 1.19. The van der Waals surface area contributed by atoms with Gasteiger partial charge in [0.15, 0.2) is 6.10 Å². The SMILES string of the molecule is O=C(Nc1ccc2c(c1)CCO2)[C@@H]1CC[C@H](C(=O)O)O1. The number of hydrogen-bond acceptors (Lipinski definition) is 4. The molecule has 1 amide bonds. The summed E-state index contributed by atoms with van der Waals surface area (Å²) in [7, 11) is 0. The smallest absolute Gasteiger partial charge is 0.332 e. The maximum Gasteiger partial charge on any atom is 0.332 e. The molecule has 0 aliphatic carbocycles. The number of ether oxygens (including phenoxy) is 2. The average Bonchev–Trinajstić information content (AvgIpc) is 3.07. The summed E-state index contributed by atoms with van der Waals surface area (Å²) in [6, 6.07) is 5.48. The number of nitrogens with one attached hydrogen (secondary N) is 1. The molecule has 0 spiro atoms. The van der Waals surface area contributed by atoms with E-state index in [-0.39, 0.29) is 5.91 Å². The standard InChI is InChI=1S/C14H15NO5/c16-13(11-3-4-12(20-11)14(17)18)15-9-1-2-10-8(7-9)5-6-19-10/h1-2,7,11-12H,3-6H2,(H,15,16)(H,17,18)/t11-,12+/m0/s1. The van der Waals surface area contributed by atoms with Gasteiger partial charge in [0.25, 0.3) is 5.91 Å². The molecule has 20 heavy (non-hydrogen) atoms. The monoisotopic (exact) mass is 277 g/mol. The van der Waals surface area contributed by atoms with Gasteiger partial charge < -0.3 is 19.9 Å². The molecule has 6 heteroatoms. The van der Waals surface area contributed by atoms with E-state index in [1.165, 1.54) is 0 Å². The number of carbonyl (C=O) groups excluding carboxylic acids is 1. The van der Waals surface area contributed by atoms with Crippen molar-refractivity contribution < 1.29 is 24.2 Å². The second-order valence-electron chi connectivity index (χ2n) is 4.94. The van der Waals surface area contributed by atoms with Crippen LogP contribution in [0.5, 0.6) is 5.75 Å².